The summed E-state index contributed by atoms with van der Waals surface area (Å²) in [5, 5.41) is 8.58. The number of nitrogens with two attached hydrogens (primary N) is 1. The van der Waals surface area contributed by atoms with Crippen LogP contribution in [0.4, 0.5) is 0 Å². The molecule has 0 aromatic carbocycles. The second-order valence-corrected chi connectivity index (χ2v) is 3.66. The lowest BCUT2D eigenvalue weighted by molar-refractivity contribution is -0.165. The molecule has 3 aliphatic carbocycles. The van der Waals surface area contributed by atoms with Gasteiger partial charge in [0.05, 0.1) is 0 Å². The second kappa shape index (κ2) is 2.35. The maximum absolute atomic E-state index is 10.4. The quantitative estimate of drug-likeness (QED) is 0.650. The van der Waals surface area contributed by atoms with Gasteiger partial charge in [0.2, 0.25) is 0 Å². The van der Waals surface area contributed by atoms with Crippen molar-refractivity contribution in [3.8, 4) is 0 Å². The Morgan fingerprint density at radius 2 is 2.00 bits per heavy atom. The highest BCUT2D eigenvalue weighted by Gasteiger charge is 2.61. The largest absolute Gasteiger partial charge is 0.480 e. The van der Waals surface area contributed by atoms with Gasteiger partial charge in [0.25, 0.3) is 0 Å². The van der Waals surface area contributed by atoms with E-state index in [1.165, 1.54) is 0 Å². The van der Waals surface area contributed by atoms with Crippen molar-refractivity contribution in [2.75, 3.05) is 0 Å². The number of carbonyl (C=O) groups is 1. The van der Waals surface area contributed by atoms with E-state index in [-0.39, 0.29) is 17.8 Å². The Morgan fingerprint density at radius 3 is 2.09 bits per heavy atom. The lowest BCUT2D eigenvalue weighted by atomic mass is 9.42. The monoisotopic (exact) mass is 177 g/mol. The number of hydrogen-bond donors (Lipinski definition) is 2. The van der Waals surface area contributed by atoms with Crippen molar-refractivity contribution in [1.82, 2.24) is 0 Å². The molecule has 3 N–H and O–H groups in total. The predicted octanol–water partition coefficient (Wildman–Crippen LogP) is 0.620. The van der Waals surface area contributed by atoms with Gasteiger partial charge >= 0.3 is 5.97 Å². The van der Waals surface area contributed by atoms with Crippen molar-refractivity contribution in [2.45, 2.75) is 25.3 Å². The van der Waals surface area contributed by atoms with Gasteiger partial charge < -0.3 is 10.8 Å². The third kappa shape index (κ3) is 0.948. The average molecular weight is 178 g/mol. The maximum atomic E-state index is 10.4. The first kappa shape index (κ1) is 8.81. The highest BCUT2D eigenvalue weighted by Crippen LogP contribution is 2.65. The van der Waals surface area contributed by atoms with Gasteiger partial charge in [-0.25, -0.2) is 0 Å². The van der Waals surface area contributed by atoms with Gasteiger partial charge in [-0.1, -0.05) is 0 Å². The molecule has 0 radical (unpaired) electrons. The van der Waals surface area contributed by atoms with Gasteiger partial charge in [-0.2, -0.15) is 0 Å². The molecule has 3 fully saturated rings. The van der Waals surface area contributed by atoms with E-state index in [0.29, 0.717) is 0 Å². The molecular weight excluding hydrogens is 166 g/mol. The van der Waals surface area contributed by atoms with Gasteiger partial charge in [0, 0.05) is 0 Å². The molecule has 0 aromatic rings. The van der Waals surface area contributed by atoms with Crippen LogP contribution in [0, 0.1) is 11.3 Å². The van der Waals surface area contributed by atoms with E-state index in [1.54, 1.807) is 0 Å². The Hall–Kier alpha value is -0.280. The van der Waals surface area contributed by atoms with Crippen LogP contribution >= 0.6 is 12.4 Å². The molecule has 2 bridgehead atoms. The molecule has 3 rings (SSSR count). The van der Waals surface area contributed by atoms with Crippen molar-refractivity contribution in [2.24, 2.45) is 17.1 Å². The molecule has 3 saturated carbocycles. The van der Waals surface area contributed by atoms with Gasteiger partial charge in [0.1, 0.15) is 6.04 Å². The minimum absolute atomic E-state index is 0. The summed E-state index contributed by atoms with van der Waals surface area (Å²) in [6.45, 7) is 0. The molecule has 1 atom stereocenters. The summed E-state index contributed by atoms with van der Waals surface area (Å²) in [5.74, 6) is -0.0245. The molecule has 0 amide bonds. The lowest BCUT2D eigenvalue weighted by Gasteiger charge is -2.63. The molecule has 4 heteroatoms. The molecule has 0 aromatic heterocycles. The fourth-order valence-electron chi connectivity index (χ4n) is 2.19. The van der Waals surface area contributed by atoms with Crippen LogP contribution in [0.1, 0.15) is 19.3 Å². The summed E-state index contributed by atoms with van der Waals surface area (Å²) >= 11 is 0. The Balaban J connectivity index is 0.000000605. The maximum Gasteiger partial charge on any atom is 0.321 e. The molecule has 11 heavy (non-hydrogen) atoms. The summed E-state index contributed by atoms with van der Waals surface area (Å²) < 4.78 is 0. The van der Waals surface area contributed by atoms with Crippen molar-refractivity contribution in [3.05, 3.63) is 0 Å². The smallest absolute Gasteiger partial charge is 0.321 e. The number of carboxylic acid groups (broad SMARTS) is 1. The summed E-state index contributed by atoms with van der Waals surface area (Å²) in [6.07, 6.45) is 3.17. The highest BCUT2D eigenvalue weighted by atomic mass is 35.5. The van der Waals surface area contributed by atoms with E-state index < -0.39 is 12.0 Å². The van der Waals surface area contributed by atoms with E-state index in [9.17, 15) is 4.79 Å². The van der Waals surface area contributed by atoms with Crippen LogP contribution < -0.4 is 5.73 Å². The minimum atomic E-state index is -0.835. The zero-order valence-corrected chi connectivity index (χ0v) is 6.93. The van der Waals surface area contributed by atoms with E-state index in [4.69, 9.17) is 10.8 Å². The van der Waals surface area contributed by atoms with Crippen LogP contribution in [-0.2, 0) is 4.79 Å². The van der Waals surface area contributed by atoms with Gasteiger partial charge in [-0.05, 0) is 30.6 Å². The fraction of sp³-hybridized carbons (Fsp3) is 0.857. The van der Waals surface area contributed by atoms with Crippen LogP contribution in [0.2, 0.25) is 0 Å². The van der Waals surface area contributed by atoms with Crippen molar-refractivity contribution in [1.29, 1.82) is 0 Å². The number of carboxylic acids is 1. The van der Waals surface area contributed by atoms with Crippen LogP contribution in [-0.4, -0.2) is 17.1 Å². The molecular formula is C7H12ClNO2. The Kier molecular flexibility index (Phi) is 1.89. The standard InChI is InChI=1S/C7H11NO2.ClH/c8-5(6(9)10)7-1-4(2-7)3-7;/h4-5H,1-3,8H2,(H,9,10);1H. The normalized spacial score (nSPS) is 41.0. The van der Waals surface area contributed by atoms with Gasteiger partial charge in [-0.3, -0.25) is 4.79 Å². The van der Waals surface area contributed by atoms with Crippen molar-refractivity contribution in [3.63, 3.8) is 0 Å². The second-order valence-electron chi connectivity index (χ2n) is 3.66. The van der Waals surface area contributed by atoms with Crippen LogP contribution in [0.15, 0.2) is 0 Å². The Morgan fingerprint density at radius 1 is 1.55 bits per heavy atom. The van der Waals surface area contributed by atoms with Crippen LogP contribution in [0.5, 0.6) is 0 Å². The zero-order valence-electron chi connectivity index (χ0n) is 6.12. The van der Waals surface area contributed by atoms with E-state index >= 15 is 0 Å². The summed E-state index contributed by atoms with van der Waals surface area (Å²) in [5.41, 5.74) is 5.52. The first-order chi connectivity index (χ1) is 4.64. The first-order valence-corrected chi connectivity index (χ1v) is 3.62. The zero-order chi connectivity index (χ0) is 7.35. The third-order valence-corrected chi connectivity index (χ3v) is 3.01. The Labute approximate surface area is 71.4 Å². The molecule has 3 nitrogen and oxygen atoms in total. The van der Waals surface area contributed by atoms with Crippen LogP contribution in [0.3, 0.4) is 0 Å². The van der Waals surface area contributed by atoms with Crippen molar-refractivity contribution < 1.29 is 9.90 Å². The molecule has 0 saturated heterocycles. The van der Waals surface area contributed by atoms with E-state index in [2.05, 4.69) is 0 Å². The topological polar surface area (TPSA) is 63.3 Å². The fourth-order valence-corrected chi connectivity index (χ4v) is 2.19. The molecule has 3 aliphatic rings. The van der Waals surface area contributed by atoms with Gasteiger partial charge in [-0.15, -0.1) is 12.4 Å². The number of halogens is 1. The third-order valence-electron chi connectivity index (χ3n) is 3.01. The number of hydrogen-bond acceptors (Lipinski definition) is 2. The summed E-state index contributed by atoms with van der Waals surface area (Å²) in [6, 6.07) is -0.600. The van der Waals surface area contributed by atoms with Crippen LogP contribution in [0.25, 0.3) is 0 Å². The average Bonchev–Trinajstić information content (AvgIpc) is 1.56. The highest BCUT2D eigenvalue weighted by molar-refractivity contribution is 5.85. The summed E-state index contributed by atoms with van der Waals surface area (Å²) in [4.78, 5) is 10.4. The lowest BCUT2D eigenvalue weighted by Crippen LogP contribution is -2.63. The molecule has 1 unspecified atom stereocenters. The first-order valence-electron chi connectivity index (χ1n) is 3.62. The molecule has 0 spiro atoms. The minimum Gasteiger partial charge on any atom is -0.480 e. The predicted molar refractivity (Wildman–Crippen MR) is 42.6 cm³/mol. The Bertz CT molecular complexity index is 178. The number of rotatable bonds is 2. The van der Waals surface area contributed by atoms with Gasteiger partial charge in [0.15, 0.2) is 0 Å². The van der Waals surface area contributed by atoms with Crippen molar-refractivity contribution >= 4 is 18.4 Å². The SMILES string of the molecule is Cl.NC(C(=O)O)C12CC(C1)C2. The molecule has 64 valence electrons. The molecule has 0 heterocycles. The van der Waals surface area contributed by atoms with E-state index in [1.807, 2.05) is 0 Å². The van der Waals surface area contributed by atoms with E-state index in [0.717, 1.165) is 25.2 Å². The number of aliphatic carboxylic acids is 1. The molecule has 0 aliphatic heterocycles. The summed E-state index contributed by atoms with van der Waals surface area (Å²) in [7, 11) is 0.